The fourth-order valence-electron chi connectivity index (χ4n) is 2.28. The van der Waals surface area contributed by atoms with E-state index in [-0.39, 0.29) is 24.2 Å². The van der Waals surface area contributed by atoms with Crippen LogP contribution in [0.2, 0.25) is 0 Å². The van der Waals surface area contributed by atoms with E-state index in [4.69, 9.17) is 5.73 Å². The maximum Gasteiger partial charge on any atom is 0.240 e. The molecule has 2 atom stereocenters. The van der Waals surface area contributed by atoms with Crippen LogP contribution in [0.15, 0.2) is 53.4 Å². The lowest BCUT2D eigenvalue weighted by Gasteiger charge is -2.15. The van der Waals surface area contributed by atoms with E-state index >= 15 is 0 Å². The smallest absolute Gasteiger partial charge is 0.240 e. The molecule has 0 radical (unpaired) electrons. The average molecular weight is 380 g/mol. The van der Waals surface area contributed by atoms with Gasteiger partial charge in [0, 0.05) is 10.6 Å². The van der Waals surface area contributed by atoms with Crippen LogP contribution in [0.1, 0.15) is 12.0 Å². The van der Waals surface area contributed by atoms with E-state index < -0.39 is 40.3 Å². The molecule has 3 N–H and O–H groups in total. The molecule has 0 spiro atoms. The molecule has 138 valence electrons. The first-order valence-electron chi connectivity index (χ1n) is 7.83. The number of nitrogens with two attached hydrogens (primary N) is 1. The minimum absolute atomic E-state index is 0.0976. The Morgan fingerprint density at radius 1 is 1.08 bits per heavy atom. The molecular formula is C18H18F2N2O3S. The van der Waals surface area contributed by atoms with Gasteiger partial charge in [0.05, 0.1) is 17.2 Å². The number of carbonyl (C=O) groups excluding carboxylic acids is 2. The molecule has 0 saturated heterocycles. The molecule has 8 heteroatoms. The Hall–Kier alpha value is -2.61. The molecule has 0 unspecified atom stereocenters. The van der Waals surface area contributed by atoms with Crippen LogP contribution in [0, 0.1) is 11.6 Å². The number of primary amides is 1. The van der Waals surface area contributed by atoms with E-state index in [0.29, 0.717) is 4.90 Å². The Morgan fingerprint density at radius 3 is 2.38 bits per heavy atom. The zero-order chi connectivity index (χ0) is 19.1. The highest BCUT2D eigenvalue weighted by atomic mass is 32.2. The summed E-state index contributed by atoms with van der Waals surface area (Å²) in [5.74, 6) is -3.24. The monoisotopic (exact) mass is 380 g/mol. The number of hydrogen-bond donors (Lipinski definition) is 2. The first-order chi connectivity index (χ1) is 12.4. The van der Waals surface area contributed by atoms with Crippen molar-refractivity contribution < 1.29 is 22.6 Å². The predicted octanol–water partition coefficient (Wildman–Crippen LogP) is 1.68. The SMILES string of the molecule is NC(=O)[C@@H](CC[S@](=O)c1ccccc1)NC(=O)Cc1ccc(F)c(F)c1. The third-order valence-corrected chi connectivity index (χ3v) is 5.03. The minimum atomic E-state index is -1.33. The van der Waals surface area contributed by atoms with Crippen LogP contribution in [-0.4, -0.2) is 27.8 Å². The highest BCUT2D eigenvalue weighted by Gasteiger charge is 2.20. The van der Waals surface area contributed by atoms with Crippen molar-refractivity contribution in [1.29, 1.82) is 0 Å². The van der Waals surface area contributed by atoms with Gasteiger partial charge in [-0.2, -0.15) is 0 Å². The summed E-state index contributed by atoms with van der Waals surface area (Å²) in [6.07, 6.45) is -0.136. The summed E-state index contributed by atoms with van der Waals surface area (Å²) < 4.78 is 38.3. The molecule has 26 heavy (non-hydrogen) atoms. The Labute approximate surface area is 152 Å². The number of amides is 2. The maximum atomic E-state index is 13.2. The Kier molecular flexibility index (Phi) is 6.97. The van der Waals surface area contributed by atoms with Gasteiger partial charge in [0.25, 0.3) is 0 Å². The van der Waals surface area contributed by atoms with E-state index in [2.05, 4.69) is 5.32 Å². The van der Waals surface area contributed by atoms with Gasteiger partial charge in [-0.15, -0.1) is 0 Å². The molecule has 0 bridgehead atoms. The molecule has 0 aliphatic carbocycles. The number of halogens is 2. The zero-order valence-corrected chi connectivity index (χ0v) is 14.6. The van der Waals surface area contributed by atoms with Crippen LogP contribution in [-0.2, 0) is 26.8 Å². The van der Waals surface area contributed by atoms with Crippen LogP contribution < -0.4 is 11.1 Å². The van der Waals surface area contributed by atoms with E-state index in [1.165, 1.54) is 6.07 Å². The molecule has 2 amide bonds. The van der Waals surface area contributed by atoms with Crippen LogP contribution >= 0.6 is 0 Å². The van der Waals surface area contributed by atoms with Gasteiger partial charge in [-0.1, -0.05) is 24.3 Å². The van der Waals surface area contributed by atoms with Crippen molar-refractivity contribution in [2.24, 2.45) is 5.73 Å². The minimum Gasteiger partial charge on any atom is -0.368 e. The summed E-state index contributed by atoms with van der Waals surface area (Å²) in [6.45, 7) is 0. The lowest BCUT2D eigenvalue weighted by Crippen LogP contribution is -2.45. The summed E-state index contributed by atoms with van der Waals surface area (Å²) in [7, 11) is -1.33. The van der Waals surface area contributed by atoms with Crippen molar-refractivity contribution in [3.8, 4) is 0 Å². The number of carbonyl (C=O) groups is 2. The summed E-state index contributed by atoms with van der Waals surface area (Å²) in [5.41, 5.74) is 5.55. The molecule has 0 heterocycles. The molecule has 5 nitrogen and oxygen atoms in total. The van der Waals surface area contributed by atoms with Crippen molar-refractivity contribution in [2.45, 2.75) is 23.8 Å². The van der Waals surface area contributed by atoms with Gasteiger partial charge >= 0.3 is 0 Å². The summed E-state index contributed by atoms with van der Waals surface area (Å²) >= 11 is 0. The molecule has 0 aliphatic heterocycles. The fraction of sp³-hybridized carbons (Fsp3) is 0.222. The Morgan fingerprint density at radius 2 is 1.77 bits per heavy atom. The van der Waals surface area contributed by atoms with Crippen LogP contribution in [0.4, 0.5) is 8.78 Å². The van der Waals surface area contributed by atoms with Crippen LogP contribution in [0.25, 0.3) is 0 Å². The van der Waals surface area contributed by atoms with Crippen molar-refractivity contribution >= 4 is 22.6 Å². The van der Waals surface area contributed by atoms with Gasteiger partial charge in [0.2, 0.25) is 11.8 Å². The molecule has 0 fully saturated rings. The standard InChI is InChI=1S/C18H18F2N2O3S/c19-14-7-6-12(10-15(14)20)11-17(23)22-16(18(21)24)8-9-26(25)13-4-2-1-3-5-13/h1-7,10,16H,8-9,11H2,(H2,21,24)(H,22,23)/t16-,26+/m1/s1. The third kappa shape index (κ3) is 5.73. The zero-order valence-electron chi connectivity index (χ0n) is 13.8. The highest BCUT2D eigenvalue weighted by Crippen LogP contribution is 2.10. The quantitative estimate of drug-likeness (QED) is 0.730. The van der Waals surface area contributed by atoms with Crippen molar-refractivity contribution in [3.05, 3.63) is 65.7 Å². The second-order valence-corrected chi connectivity index (χ2v) is 7.17. The first-order valence-corrected chi connectivity index (χ1v) is 9.14. The molecular weight excluding hydrogens is 362 g/mol. The number of nitrogens with one attached hydrogen (secondary N) is 1. The predicted molar refractivity (Wildman–Crippen MR) is 93.5 cm³/mol. The third-order valence-electron chi connectivity index (χ3n) is 3.63. The van der Waals surface area contributed by atoms with E-state index in [9.17, 15) is 22.6 Å². The van der Waals surface area contributed by atoms with Crippen LogP contribution in [0.5, 0.6) is 0 Å². The average Bonchev–Trinajstić information content (AvgIpc) is 2.62. The van der Waals surface area contributed by atoms with Gasteiger partial charge in [-0.3, -0.25) is 13.8 Å². The van der Waals surface area contributed by atoms with Crippen molar-refractivity contribution in [3.63, 3.8) is 0 Å². The second kappa shape index (κ2) is 9.19. The van der Waals surface area contributed by atoms with Gasteiger partial charge < -0.3 is 11.1 Å². The van der Waals surface area contributed by atoms with Gasteiger partial charge in [-0.25, -0.2) is 8.78 Å². The molecule has 2 aromatic carbocycles. The molecule has 2 rings (SSSR count). The fourth-order valence-corrected chi connectivity index (χ4v) is 3.43. The van der Waals surface area contributed by atoms with Gasteiger partial charge in [0.1, 0.15) is 6.04 Å². The molecule has 0 aromatic heterocycles. The van der Waals surface area contributed by atoms with Crippen molar-refractivity contribution in [1.82, 2.24) is 5.32 Å². The Balaban J connectivity index is 1.92. The molecule has 0 saturated carbocycles. The number of benzene rings is 2. The van der Waals surface area contributed by atoms with Gasteiger partial charge in [0.15, 0.2) is 11.6 Å². The van der Waals surface area contributed by atoms with E-state index in [0.717, 1.165) is 12.1 Å². The van der Waals surface area contributed by atoms with E-state index in [1.54, 1.807) is 30.3 Å². The lowest BCUT2D eigenvalue weighted by atomic mass is 10.1. The van der Waals surface area contributed by atoms with Crippen molar-refractivity contribution in [2.75, 3.05) is 5.75 Å². The normalized spacial score (nSPS) is 13.0. The van der Waals surface area contributed by atoms with Crippen LogP contribution in [0.3, 0.4) is 0 Å². The van der Waals surface area contributed by atoms with E-state index in [1.807, 2.05) is 0 Å². The lowest BCUT2D eigenvalue weighted by molar-refractivity contribution is -0.127. The summed E-state index contributed by atoms with van der Waals surface area (Å²) in [5, 5.41) is 2.44. The summed E-state index contributed by atoms with van der Waals surface area (Å²) in [6, 6.07) is 10.8. The van der Waals surface area contributed by atoms with Gasteiger partial charge in [-0.05, 0) is 36.2 Å². The summed E-state index contributed by atoms with van der Waals surface area (Å²) in [4.78, 5) is 24.2. The number of hydrogen-bond acceptors (Lipinski definition) is 3. The highest BCUT2D eigenvalue weighted by molar-refractivity contribution is 7.85. The topological polar surface area (TPSA) is 89.3 Å². The largest absolute Gasteiger partial charge is 0.368 e. The first kappa shape index (κ1) is 19.7. The second-order valence-electron chi connectivity index (χ2n) is 5.60. The molecule has 2 aromatic rings. The number of rotatable bonds is 8. The Bertz CT molecular complexity index is 815. The molecule has 0 aliphatic rings. The maximum absolute atomic E-state index is 13.2.